The highest BCUT2D eigenvalue weighted by Crippen LogP contribution is 2.30. The molecule has 0 aliphatic heterocycles. The number of rotatable bonds is 5. The second kappa shape index (κ2) is 9.70. The number of carbonyl (C=O) groups excluding carboxylic acids is 1. The molecule has 0 radical (unpaired) electrons. The van der Waals surface area contributed by atoms with E-state index in [1.807, 2.05) is 49.4 Å². The predicted octanol–water partition coefficient (Wildman–Crippen LogP) is 5.75. The Morgan fingerprint density at radius 3 is 2.36 bits per heavy atom. The number of benzene rings is 3. The first kappa shape index (κ1) is 24.7. The molecule has 4 aromatic rings. The number of hydrogen-bond donors (Lipinski definition) is 3. The molecular formula is C29H30N4O3. The van der Waals surface area contributed by atoms with Gasteiger partial charge in [-0.25, -0.2) is 4.98 Å². The van der Waals surface area contributed by atoms with E-state index in [1.165, 1.54) is 16.7 Å². The summed E-state index contributed by atoms with van der Waals surface area (Å²) in [5.41, 5.74) is 4.66. The van der Waals surface area contributed by atoms with Crippen LogP contribution in [-0.2, 0) is 12.5 Å². The first-order chi connectivity index (χ1) is 17.0. The van der Waals surface area contributed by atoms with Crippen molar-refractivity contribution in [1.29, 1.82) is 0 Å². The molecule has 4 rings (SSSR count). The zero-order chi connectivity index (χ0) is 26.0. The number of anilines is 3. The van der Waals surface area contributed by atoms with Crippen LogP contribution in [-0.4, -0.2) is 20.6 Å². The molecule has 3 aromatic carbocycles. The Bertz CT molecular complexity index is 1480. The van der Waals surface area contributed by atoms with Crippen LogP contribution in [0.1, 0.15) is 42.3 Å². The molecule has 0 spiro atoms. The van der Waals surface area contributed by atoms with Crippen LogP contribution in [0.5, 0.6) is 5.75 Å². The molecule has 1 amide bonds. The molecule has 1 heterocycles. The molecule has 0 aliphatic carbocycles. The summed E-state index contributed by atoms with van der Waals surface area (Å²) in [5, 5.41) is 15.6. The lowest BCUT2D eigenvalue weighted by atomic mass is 9.83. The molecule has 0 atom stereocenters. The SMILES string of the molecule is Cc1c(NC(=O)c2ccccc2C(C)(C)C)cccc1-c1cn(C)c(=O)c(Nc2ccc(O)cc2)n1. The lowest BCUT2D eigenvalue weighted by Gasteiger charge is -2.22. The van der Waals surface area contributed by atoms with Crippen molar-refractivity contribution >= 4 is 23.1 Å². The van der Waals surface area contributed by atoms with Gasteiger partial charge in [0.1, 0.15) is 5.75 Å². The highest BCUT2D eigenvalue weighted by molar-refractivity contribution is 6.06. The Morgan fingerprint density at radius 1 is 0.972 bits per heavy atom. The highest BCUT2D eigenvalue weighted by Gasteiger charge is 2.22. The van der Waals surface area contributed by atoms with Crippen molar-refractivity contribution in [1.82, 2.24) is 9.55 Å². The van der Waals surface area contributed by atoms with E-state index in [9.17, 15) is 14.7 Å². The van der Waals surface area contributed by atoms with Crippen LogP contribution in [0.2, 0.25) is 0 Å². The number of carbonyl (C=O) groups is 1. The van der Waals surface area contributed by atoms with Gasteiger partial charge in [0.25, 0.3) is 11.5 Å². The van der Waals surface area contributed by atoms with Gasteiger partial charge in [-0.05, 0) is 59.9 Å². The zero-order valence-electron chi connectivity index (χ0n) is 21.1. The Balaban J connectivity index is 1.69. The van der Waals surface area contributed by atoms with Crippen molar-refractivity contribution in [2.45, 2.75) is 33.1 Å². The van der Waals surface area contributed by atoms with Crippen molar-refractivity contribution in [3.63, 3.8) is 0 Å². The van der Waals surface area contributed by atoms with Gasteiger partial charge in [-0.15, -0.1) is 0 Å². The van der Waals surface area contributed by atoms with Crippen molar-refractivity contribution in [3.8, 4) is 17.0 Å². The van der Waals surface area contributed by atoms with E-state index < -0.39 is 0 Å². The summed E-state index contributed by atoms with van der Waals surface area (Å²) in [6, 6.07) is 19.6. The maximum Gasteiger partial charge on any atom is 0.293 e. The van der Waals surface area contributed by atoms with Crippen LogP contribution >= 0.6 is 0 Å². The predicted molar refractivity (Wildman–Crippen MR) is 144 cm³/mol. The molecule has 7 nitrogen and oxygen atoms in total. The number of aromatic nitrogens is 2. The third-order valence-corrected chi connectivity index (χ3v) is 6.04. The highest BCUT2D eigenvalue weighted by atomic mass is 16.3. The number of nitrogens with one attached hydrogen (secondary N) is 2. The third-order valence-electron chi connectivity index (χ3n) is 6.04. The van der Waals surface area contributed by atoms with Gasteiger partial charge in [0.15, 0.2) is 5.82 Å². The Kier molecular flexibility index (Phi) is 6.66. The Hall–Kier alpha value is -4.39. The smallest absolute Gasteiger partial charge is 0.293 e. The molecule has 3 N–H and O–H groups in total. The van der Waals surface area contributed by atoms with Crippen LogP contribution < -0.4 is 16.2 Å². The zero-order valence-corrected chi connectivity index (χ0v) is 21.1. The number of aromatic hydroxyl groups is 1. The van der Waals surface area contributed by atoms with Crippen LogP contribution in [0.15, 0.2) is 77.7 Å². The monoisotopic (exact) mass is 482 g/mol. The van der Waals surface area contributed by atoms with Gasteiger partial charge >= 0.3 is 0 Å². The van der Waals surface area contributed by atoms with Crippen LogP contribution in [0, 0.1) is 6.92 Å². The van der Waals surface area contributed by atoms with E-state index in [1.54, 1.807) is 25.4 Å². The molecule has 7 heteroatoms. The number of nitrogens with zero attached hydrogens (tertiary/aromatic N) is 2. The molecule has 0 bridgehead atoms. The van der Waals surface area contributed by atoms with Gasteiger partial charge in [-0.2, -0.15) is 0 Å². The maximum atomic E-state index is 13.3. The van der Waals surface area contributed by atoms with Crippen LogP contribution in [0.3, 0.4) is 0 Å². The van der Waals surface area contributed by atoms with E-state index in [2.05, 4.69) is 36.4 Å². The Labute approximate surface area is 210 Å². The average Bonchev–Trinajstić information content (AvgIpc) is 2.84. The van der Waals surface area contributed by atoms with Crippen molar-refractivity contribution in [3.05, 3.63) is 100.0 Å². The molecule has 0 unspecified atom stereocenters. The topological polar surface area (TPSA) is 96.2 Å². The van der Waals surface area contributed by atoms with E-state index in [-0.39, 0.29) is 28.4 Å². The maximum absolute atomic E-state index is 13.3. The molecule has 0 saturated carbocycles. The number of hydrogen-bond acceptors (Lipinski definition) is 5. The van der Waals surface area contributed by atoms with Crippen molar-refractivity contribution in [2.24, 2.45) is 7.05 Å². The first-order valence-electron chi connectivity index (χ1n) is 11.7. The fourth-order valence-corrected chi connectivity index (χ4v) is 4.07. The van der Waals surface area contributed by atoms with Gasteiger partial charge < -0.3 is 20.3 Å². The lowest BCUT2D eigenvalue weighted by Crippen LogP contribution is -2.22. The van der Waals surface area contributed by atoms with Crippen molar-refractivity contribution in [2.75, 3.05) is 10.6 Å². The molecule has 1 aromatic heterocycles. The summed E-state index contributed by atoms with van der Waals surface area (Å²) in [5.74, 6) is 0.118. The van der Waals surface area contributed by atoms with Crippen molar-refractivity contribution < 1.29 is 9.90 Å². The van der Waals surface area contributed by atoms with Gasteiger partial charge in [-0.1, -0.05) is 51.1 Å². The van der Waals surface area contributed by atoms with E-state index in [0.29, 0.717) is 22.6 Å². The standard InChI is InChI=1S/C29H30N4O3/c1-18-21(25-17-33(5)28(36)26(31-25)30-19-13-15-20(34)16-14-19)10-8-12-24(18)32-27(35)22-9-6-7-11-23(22)29(2,3)4/h6-17,34H,1-5H3,(H,30,31)(H,32,35). The number of phenols is 1. The summed E-state index contributed by atoms with van der Waals surface area (Å²) in [7, 11) is 1.67. The van der Waals surface area contributed by atoms with Gasteiger partial charge in [-0.3, -0.25) is 9.59 Å². The molecule has 36 heavy (non-hydrogen) atoms. The van der Waals surface area contributed by atoms with Gasteiger partial charge in [0.2, 0.25) is 0 Å². The minimum absolute atomic E-state index is 0.134. The molecular weight excluding hydrogens is 452 g/mol. The Morgan fingerprint density at radius 2 is 1.67 bits per heavy atom. The van der Waals surface area contributed by atoms with E-state index in [4.69, 9.17) is 0 Å². The molecule has 184 valence electrons. The fraction of sp³-hybridized carbons (Fsp3) is 0.207. The van der Waals surface area contributed by atoms with Gasteiger partial charge in [0, 0.05) is 35.7 Å². The summed E-state index contributed by atoms with van der Waals surface area (Å²) >= 11 is 0. The number of amides is 1. The second-order valence-corrected chi connectivity index (χ2v) is 9.79. The quantitative estimate of drug-likeness (QED) is 0.315. The average molecular weight is 483 g/mol. The molecule has 0 saturated heterocycles. The number of phenolic OH excluding ortho intramolecular Hbond substituents is 1. The normalized spacial score (nSPS) is 11.2. The minimum atomic E-state index is -0.285. The van der Waals surface area contributed by atoms with E-state index >= 15 is 0 Å². The van der Waals surface area contributed by atoms with E-state index in [0.717, 1.165) is 16.7 Å². The third kappa shape index (κ3) is 5.15. The summed E-state index contributed by atoms with van der Waals surface area (Å²) in [6.45, 7) is 8.17. The summed E-state index contributed by atoms with van der Waals surface area (Å²) < 4.78 is 1.47. The van der Waals surface area contributed by atoms with Crippen LogP contribution in [0.4, 0.5) is 17.2 Å². The summed E-state index contributed by atoms with van der Waals surface area (Å²) in [4.78, 5) is 30.6. The minimum Gasteiger partial charge on any atom is -0.508 e. The molecule has 0 fully saturated rings. The largest absolute Gasteiger partial charge is 0.508 e. The summed E-state index contributed by atoms with van der Waals surface area (Å²) in [6.07, 6.45) is 1.67. The number of aryl methyl sites for hydroxylation is 1. The second-order valence-electron chi connectivity index (χ2n) is 9.79. The fourth-order valence-electron chi connectivity index (χ4n) is 4.07. The molecule has 0 aliphatic rings. The van der Waals surface area contributed by atoms with Crippen LogP contribution in [0.25, 0.3) is 11.3 Å². The van der Waals surface area contributed by atoms with Gasteiger partial charge in [0.05, 0.1) is 5.69 Å². The first-order valence-corrected chi connectivity index (χ1v) is 11.7. The lowest BCUT2D eigenvalue weighted by molar-refractivity contribution is 0.102.